The van der Waals surface area contributed by atoms with Crippen LogP contribution < -0.4 is 0 Å². The van der Waals surface area contributed by atoms with E-state index in [1.807, 2.05) is 18.2 Å². The number of aryl methyl sites for hydroxylation is 1. The van der Waals surface area contributed by atoms with Gasteiger partial charge in [-0.05, 0) is 67.1 Å². The minimum absolute atomic E-state index is 0.135. The summed E-state index contributed by atoms with van der Waals surface area (Å²) in [6.45, 7) is 3.57. The van der Waals surface area contributed by atoms with Gasteiger partial charge in [-0.2, -0.15) is 0 Å². The van der Waals surface area contributed by atoms with Crippen molar-refractivity contribution >= 4 is 28.8 Å². The Kier molecular flexibility index (Phi) is 5.92. The van der Waals surface area contributed by atoms with Crippen molar-refractivity contribution in [2.24, 2.45) is 0 Å². The van der Waals surface area contributed by atoms with Crippen LogP contribution in [0.15, 0.2) is 53.4 Å². The van der Waals surface area contributed by atoms with E-state index in [2.05, 4.69) is 34.0 Å². The van der Waals surface area contributed by atoms with Gasteiger partial charge in [0, 0.05) is 40.6 Å². The van der Waals surface area contributed by atoms with Crippen LogP contribution in [-0.4, -0.2) is 32.5 Å². The smallest absolute Gasteiger partial charge is 0.305 e. The van der Waals surface area contributed by atoms with Crippen LogP contribution in [0.25, 0.3) is 10.9 Å². The normalized spacial score (nSPS) is 16.3. The topological polar surface area (TPSA) is 45.5 Å². The number of aromatic nitrogens is 1. The standard InChI is InChI=1S/C23H25FN2O2S/c1-2-26(29-18-10-7-16(24)8-11-18)17-9-12-22-20(15-17)19-5-3-4-6-21(19)25(22)14-13-23(27)28/h3-8,10-11,17H,2,9,12-15H2,1H3,(H,27,28). The van der Waals surface area contributed by atoms with Gasteiger partial charge in [0.05, 0.1) is 6.42 Å². The fourth-order valence-electron chi connectivity index (χ4n) is 4.32. The van der Waals surface area contributed by atoms with Gasteiger partial charge in [0.15, 0.2) is 0 Å². The van der Waals surface area contributed by atoms with Crippen molar-refractivity contribution in [3.05, 3.63) is 65.6 Å². The predicted octanol–water partition coefficient (Wildman–Crippen LogP) is 5.14. The van der Waals surface area contributed by atoms with E-state index in [0.717, 1.165) is 36.2 Å². The first-order chi connectivity index (χ1) is 14.1. The molecule has 4 nitrogen and oxygen atoms in total. The molecule has 4 rings (SSSR count). The maximum atomic E-state index is 13.2. The third-order valence-electron chi connectivity index (χ3n) is 5.65. The Bertz CT molecular complexity index is 1020. The molecule has 3 aromatic rings. The van der Waals surface area contributed by atoms with Crippen molar-refractivity contribution in [3.8, 4) is 0 Å². The summed E-state index contributed by atoms with van der Waals surface area (Å²) in [5, 5.41) is 10.4. The fourth-order valence-corrected chi connectivity index (χ4v) is 5.31. The van der Waals surface area contributed by atoms with Crippen LogP contribution in [-0.2, 0) is 24.2 Å². The summed E-state index contributed by atoms with van der Waals surface area (Å²) < 4.78 is 17.8. The van der Waals surface area contributed by atoms with E-state index in [1.165, 1.54) is 28.8 Å². The summed E-state index contributed by atoms with van der Waals surface area (Å²) in [4.78, 5) is 12.2. The second kappa shape index (κ2) is 8.59. The number of hydrogen-bond acceptors (Lipinski definition) is 3. The number of hydrogen-bond donors (Lipinski definition) is 1. The molecule has 0 saturated carbocycles. The highest BCUT2D eigenvalue weighted by molar-refractivity contribution is 7.97. The lowest BCUT2D eigenvalue weighted by Gasteiger charge is -2.33. The first-order valence-electron chi connectivity index (χ1n) is 10.1. The second-order valence-corrected chi connectivity index (χ2v) is 8.54. The quantitative estimate of drug-likeness (QED) is 0.546. The predicted molar refractivity (Wildman–Crippen MR) is 115 cm³/mol. The number of para-hydroxylation sites is 1. The number of carboxylic acid groups (broad SMARTS) is 1. The molecular weight excluding hydrogens is 387 g/mol. The number of fused-ring (bicyclic) bond motifs is 3. The largest absolute Gasteiger partial charge is 0.481 e. The summed E-state index contributed by atoms with van der Waals surface area (Å²) in [5.41, 5.74) is 3.76. The number of nitrogens with zero attached hydrogens (tertiary/aromatic N) is 2. The van der Waals surface area contributed by atoms with E-state index in [9.17, 15) is 9.18 Å². The van der Waals surface area contributed by atoms with E-state index >= 15 is 0 Å². The number of benzene rings is 2. The van der Waals surface area contributed by atoms with Gasteiger partial charge in [-0.25, -0.2) is 8.70 Å². The van der Waals surface area contributed by atoms with E-state index in [1.54, 1.807) is 11.9 Å². The van der Waals surface area contributed by atoms with Gasteiger partial charge >= 0.3 is 5.97 Å². The Morgan fingerprint density at radius 1 is 1.24 bits per heavy atom. The molecular formula is C23H25FN2O2S. The maximum Gasteiger partial charge on any atom is 0.305 e. The molecule has 0 spiro atoms. The van der Waals surface area contributed by atoms with Gasteiger partial charge in [0.25, 0.3) is 0 Å². The van der Waals surface area contributed by atoms with Gasteiger partial charge in [-0.1, -0.05) is 25.1 Å². The number of carbonyl (C=O) groups is 1. The Morgan fingerprint density at radius 3 is 2.72 bits per heavy atom. The highest BCUT2D eigenvalue weighted by Gasteiger charge is 2.29. The Balaban J connectivity index is 1.61. The number of rotatable bonds is 7. The lowest BCUT2D eigenvalue weighted by molar-refractivity contribution is -0.137. The zero-order valence-corrected chi connectivity index (χ0v) is 17.3. The van der Waals surface area contributed by atoms with Crippen LogP contribution in [0.5, 0.6) is 0 Å². The highest BCUT2D eigenvalue weighted by Crippen LogP contribution is 2.36. The average Bonchev–Trinajstić information content (AvgIpc) is 3.05. The molecule has 1 aliphatic carbocycles. The molecule has 1 N–H and O–H groups in total. The molecule has 6 heteroatoms. The van der Waals surface area contributed by atoms with Crippen LogP contribution >= 0.6 is 11.9 Å². The van der Waals surface area contributed by atoms with Crippen molar-refractivity contribution in [2.45, 2.75) is 50.1 Å². The minimum Gasteiger partial charge on any atom is -0.481 e. The SMILES string of the molecule is CCN(Sc1ccc(F)cc1)C1CCc2c(c3ccccc3n2CCC(=O)O)C1. The van der Waals surface area contributed by atoms with Gasteiger partial charge < -0.3 is 9.67 Å². The summed E-state index contributed by atoms with van der Waals surface area (Å²) in [6.07, 6.45) is 3.04. The number of aliphatic carboxylic acids is 1. The first-order valence-corrected chi connectivity index (χ1v) is 10.8. The molecule has 1 aliphatic rings. The van der Waals surface area contributed by atoms with Crippen molar-refractivity contribution in [1.29, 1.82) is 0 Å². The molecule has 2 aromatic carbocycles. The monoisotopic (exact) mass is 412 g/mol. The van der Waals surface area contributed by atoms with Crippen LogP contribution in [0.4, 0.5) is 4.39 Å². The Morgan fingerprint density at radius 2 is 2.00 bits per heavy atom. The molecule has 0 bridgehead atoms. The van der Waals surface area contributed by atoms with Crippen LogP contribution in [0, 0.1) is 5.82 Å². The zero-order valence-electron chi connectivity index (χ0n) is 16.5. The van der Waals surface area contributed by atoms with Crippen LogP contribution in [0.2, 0.25) is 0 Å². The third-order valence-corrected chi connectivity index (χ3v) is 6.93. The molecule has 0 amide bonds. The van der Waals surface area contributed by atoms with Crippen LogP contribution in [0.3, 0.4) is 0 Å². The second-order valence-electron chi connectivity index (χ2n) is 7.41. The van der Waals surface area contributed by atoms with Crippen molar-refractivity contribution in [2.75, 3.05) is 6.54 Å². The molecule has 0 fully saturated rings. The average molecular weight is 413 g/mol. The van der Waals surface area contributed by atoms with Crippen molar-refractivity contribution in [3.63, 3.8) is 0 Å². The third kappa shape index (κ3) is 4.19. The van der Waals surface area contributed by atoms with Crippen molar-refractivity contribution < 1.29 is 14.3 Å². The van der Waals surface area contributed by atoms with E-state index < -0.39 is 5.97 Å². The first kappa shape index (κ1) is 20.0. The lowest BCUT2D eigenvalue weighted by Crippen LogP contribution is -2.34. The maximum absolute atomic E-state index is 13.2. The molecule has 1 heterocycles. The highest BCUT2D eigenvalue weighted by atomic mass is 32.2. The molecule has 29 heavy (non-hydrogen) atoms. The van der Waals surface area contributed by atoms with Crippen LogP contribution in [0.1, 0.15) is 31.0 Å². The minimum atomic E-state index is -0.766. The molecule has 152 valence electrons. The summed E-state index contributed by atoms with van der Waals surface area (Å²) >= 11 is 1.69. The van der Waals surface area contributed by atoms with Gasteiger partial charge in [-0.15, -0.1) is 0 Å². The number of likely N-dealkylation sites (N-methyl/N-ethyl adjacent to an activating group) is 1. The lowest BCUT2D eigenvalue weighted by atomic mass is 9.91. The molecule has 0 aliphatic heterocycles. The number of carboxylic acids is 1. The summed E-state index contributed by atoms with van der Waals surface area (Å²) in [7, 11) is 0. The molecule has 1 aromatic heterocycles. The number of halogens is 1. The Labute approximate surface area is 174 Å². The zero-order chi connectivity index (χ0) is 20.4. The van der Waals surface area contributed by atoms with E-state index in [4.69, 9.17) is 5.11 Å². The molecule has 1 atom stereocenters. The van der Waals surface area contributed by atoms with Crippen molar-refractivity contribution in [1.82, 2.24) is 8.87 Å². The fraction of sp³-hybridized carbons (Fsp3) is 0.348. The summed E-state index contributed by atoms with van der Waals surface area (Å²) in [6, 6.07) is 15.4. The Hall–Kier alpha value is -2.31. The summed E-state index contributed by atoms with van der Waals surface area (Å²) in [5.74, 6) is -0.980. The van der Waals surface area contributed by atoms with E-state index in [0.29, 0.717) is 12.6 Å². The molecule has 0 radical (unpaired) electrons. The van der Waals surface area contributed by atoms with Gasteiger partial charge in [-0.3, -0.25) is 4.79 Å². The van der Waals surface area contributed by atoms with Gasteiger partial charge in [0.1, 0.15) is 5.82 Å². The molecule has 0 saturated heterocycles. The van der Waals surface area contributed by atoms with Gasteiger partial charge in [0.2, 0.25) is 0 Å². The van der Waals surface area contributed by atoms with E-state index in [-0.39, 0.29) is 12.2 Å². The molecule has 1 unspecified atom stereocenters.